The van der Waals surface area contributed by atoms with Crippen LogP contribution in [0.25, 0.3) is 0 Å². The lowest BCUT2D eigenvalue weighted by molar-refractivity contribution is 0.0780. The van der Waals surface area contributed by atoms with Gasteiger partial charge in [0.05, 0.1) is 4.90 Å². The number of primary sulfonamides is 1. The molecule has 0 saturated heterocycles. The van der Waals surface area contributed by atoms with Crippen LogP contribution in [0.2, 0.25) is 0 Å². The molecule has 0 unspecified atom stereocenters. The molecule has 0 bridgehead atoms. The number of benzene rings is 1. The quantitative estimate of drug-likeness (QED) is 0.748. The molecule has 0 aromatic heterocycles. The van der Waals surface area contributed by atoms with Crippen LogP contribution in [0, 0.1) is 0 Å². The number of likely N-dealkylation sites (N-methyl/N-ethyl adjacent to an activating group) is 1. The van der Waals surface area contributed by atoms with E-state index in [2.05, 4.69) is 0 Å². The zero-order valence-corrected chi connectivity index (χ0v) is 9.62. The average Bonchev–Trinajstić information content (AvgIpc) is 2.21. The molecule has 6 heteroatoms. The zero-order valence-electron chi connectivity index (χ0n) is 8.80. The predicted octanol–water partition coefficient (Wildman–Crippen LogP) is -0.0379. The first kappa shape index (κ1) is 11.1. The van der Waals surface area contributed by atoms with Crippen molar-refractivity contribution < 1.29 is 13.2 Å². The first-order valence-electron chi connectivity index (χ1n) is 4.81. The summed E-state index contributed by atoms with van der Waals surface area (Å²) in [5.74, 6) is -0.160. The topological polar surface area (TPSA) is 80.5 Å². The van der Waals surface area contributed by atoms with Gasteiger partial charge in [-0.05, 0) is 24.1 Å². The number of carbonyl (C=O) groups excluding carboxylic acids is 1. The smallest absolute Gasteiger partial charge is 0.253 e. The molecular weight excluding hydrogens is 228 g/mol. The minimum atomic E-state index is -3.76. The Kier molecular flexibility index (Phi) is 2.47. The van der Waals surface area contributed by atoms with Gasteiger partial charge in [0.15, 0.2) is 0 Å². The number of sulfonamides is 1. The number of hydrogen-bond acceptors (Lipinski definition) is 3. The minimum Gasteiger partial charge on any atom is -0.341 e. The summed E-state index contributed by atoms with van der Waals surface area (Å²) in [6.45, 7) is 0.512. The summed E-state index contributed by atoms with van der Waals surface area (Å²) >= 11 is 0. The van der Waals surface area contributed by atoms with Crippen molar-refractivity contribution in [3.63, 3.8) is 0 Å². The van der Waals surface area contributed by atoms with Crippen LogP contribution in [0.3, 0.4) is 0 Å². The summed E-state index contributed by atoms with van der Waals surface area (Å²) in [4.78, 5) is 13.4. The largest absolute Gasteiger partial charge is 0.341 e. The Morgan fingerprint density at radius 2 is 2.06 bits per heavy atom. The number of rotatable bonds is 1. The Morgan fingerprint density at radius 1 is 1.38 bits per heavy atom. The Balaban J connectivity index is 2.67. The Hall–Kier alpha value is -1.40. The molecule has 86 valence electrons. The van der Waals surface area contributed by atoms with E-state index < -0.39 is 10.0 Å². The molecule has 0 spiro atoms. The molecule has 1 aromatic rings. The van der Waals surface area contributed by atoms with Crippen LogP contribution in [0.5, 0.6) is 0 Å². The fourth-order valence-electron chi connectivity index (χ4n) is 1.88. The molecule has 0 aliphatic carbocycles. The number of amides is 1. The number of nitrogens with zero attached hydrogens (tertiary/aromatic N) is 1. The van der Waals surface area contributed by atoms with Crippen molar-refractivity contribution in [1.29, 1.82) is 0 Å². The Morgan fingerprint density at radius 3 is 2.69 bits per heavy atom. The van der Waals surface area contributed by atoms with Crippen molar-refractivity contribution in [3.8, 4) is 0 Å². The van der Waals surface area contributed by atoms with Gasteiger partial charge in [-0.3, -0.25) is 4.79 Å². The molecule has 1 aliphatic heterocycles. The highest BCUT2D eigenvalue weighted by Gasteiger charge is 2.26. The normalized spacial score (nSPS) is 16.1. The number of nitrogens with two attached hydrogens (primary N) is 1. The third-order valence-electron chi connectivity index (χ3n) is 2.71. The fraction of sp³-hybridized carbons (Fsp3) is 0.300. The van der Waals surface area contributed by atoms with Crippen molar-refractivity contribution in [2.75, 3.05) is 13.6 Å². The standard InChI is InChI=1S/C10H12N2O3S/c1-12-6-5-7-8(10(12)13)3-2-4-9(7)16(11,14)15/h2-4H,5-6H2,1H3,(H2,11,14,15). The molecule has 0 saturated carbocycles. The summed E-state index contributed by atoms with van der Waals surface area (Å²) in [5.41, 5.74) is 0.966. The lowest BCUT2D eigenvalue weighted by Gasteiger charge is -2.25. The fourth-order valence-corrected chi connectivity index (χ4v) is 2.70. The van der Waals surface area contributed by atoms with E-state index in [1.807, 2.05) is 0 Å². The molecule has 16 heavy (non-hydrogen) atoms. The summed E-state index contributed by atoms with van der Waals surface area (Å²) in [5, 5.41) is 5.11. The van der Waals surface area contributed by atoms with Crippen LogP contribution < -0.4 is 5.14 Å². The highest BCUT2D eigenvalue weighted by molar-refractivity contribution is 7.89. The molecule has 5 nitrogen and oxygen atoms in total. The maximum Gasteiger partial charge on any atom is 0.253 e. The van der Waals surface area contributed by atoms with E-state index >= 15 is 0 Å². The number of hydrogen-bond donors (Lipinski definition) is 1. The van der Waals surface area contributed by atoms with E-state index in [0.29, 0.717) is 24.1 Å². The monoisotopic (exact) mass is 240 g/mol. The lowest BCUT2D eigenvalue weighted by atomic mass is 9.99. The molecule has 0 atom stereocenters. The maximum atomic E-state index is 11.8. The third kappa shape index (κ3) is 1.70. The van der Waals surface area contributed by atoms with E-state index in [4.69, 9.17) is 5.14 Å². The highest BCUT2D eigenvalue weighted by Crippen LogP contribution is 2.24. The summed E-state index contributed by atoms with van der Waals surface area (Å²) < 4.78 is 22.7. The Labute approximate surface area is 93.9 Å². The van der Waals surface area contributed by atoms with Crippen LogP contribution in [-0.2, 0) is 16.4 Å². The summed E-state index contributed by atoms with van der Waals surface area (Å²) in [7, 11) is -2.07. The first-order chi connectivity index (χ1) is 7.41. The average molecular weight is 240 g/mol. The van der Waals surface area contributed by atoms with E-state index in [-0.39, 0.29) is 10.8 Å². The van der Waals surface area contributed by atoms with Crippen molar-refractivity contribution in [3.05, 3.63) is 29.3 Å². The summed E-state index contributed by atoms with van der Waals surface area (Å²) in [6, 6.07) is 4.60. The van der Waals surface area contributed by atoms with Gasteiger partial charge < -0.3 is 4.90 Å². The SMILES string of the molecule is CN1CCc2c(cccc2S(N)(=O)=O)C1=O. The zero-order chi connectivity index (χ0) is 11.9. The van der Waals surface area contributed by atoms with Crippen molar-refractivity contribution in [2.45, 2.75) is 11.3 Å². The minimum absolute atomic E-state index is 0.0615. The van der Waals surface area contributed by atoms with Crippen molar-refractivity contribution in [2.24, 2.45) is 5.14 Å². The van der Waals surface area contributed by atoms with Crippen molar-refractivity contribution >= 4 is 15.9 Å². The van der Waals surface area contributed by atoms with Crippen LogP contribution in [0.15, 0.2) is 23.1 Å². The van der Waals surface area contributed by atoms with Gasteiger partial charge in [-0.2, -0.15) is 0 Å². The van der Waals surface area contributed by atoms with E-state index in [1.165, 1.54) is 12.1 Å². The predicted molar refractivity (Wildman–Crippen MR) is 58.5 cm³/mol. The van der Waals surface area contributed by atoms with Crippen LogP contribution in [-0.4, -0.2) is 32.8 Å². The maximum absolute atomic E-state index is 11.8. The van der Waals surface area contributed by atoms with Gasteiger partial charge in [0.1, 0.15) is 0 Å². The summed E-state index contributed by atoms with van der Waals surface area (Å²) in [6.07, 6.45) is 0.518. The number of fused-ring (bicyclic) bond motifs is 1. The van der Waals surface area contributed by atoms with Crippen LogP contribution in [0.4, 0.5) is 0 Å². The molecule has 2 rings (SSSR count). The van der Waals surface area contributed by atoms with Crippen LogP contribution in [0.1, 0.15) is 15.9 Å². The van der Waals surface area contributed by atoms with Crippen molar-refractivity contribution in [1.82, 2.24) is 4.90 Å². The van der Waals surface area contributed by atoms with E-state index in [9.17, 15) is 13.2 Å². The lowest BCUT2D eigenvalue weighted by Crippen LogP contribution is -2.35. The number of carbonyl (C=O) groups is 1. The van der Waals surface area contributed by atoms with Gasteiger partial charge in [-0.15, -0.1) is 0 Å². The molecule has 0 radical (unpaired) electrons. The second-order valence-electron chi connectivity index (χ2n) is 3.80. The van der Waals surface area contributed by atoms with Crippen LogP contribution >= 0.6 is 0 Å². The molecule has 1 aliphatic rings. The third-order valence-corrected chi connectivity index (χ3v) is 3.71. The van der Waals surface area contributed by atoms with Gasteiger partial charge in [0.25, 0.3) is 5.91 Å². The van der Waals surface area contributed by atoms with Gasteiger partial charge >= 0.3 is 0 Å². The van der Waals surface area contributed by atoms with E-state index in [1.54, 1.807) is 18.0 Å². The van der Waals surface area contributed by atoms with Gasteiger partial charge in [-0.1, -0.05) is 6.07 Å². The van der Waals surface area contributed by atoms with E-state index in [0.717, 1.165) is 0 Å². The molecule has 2 N–H and O–H groups in total. The van der Waals surface area contributed by atoms with Gasteiger partial charge in [0.2, 0.25) is 10.0 Å². The highest BCUT2D eigenvalue weighted by atomic mass is 32.2. The Bertz CT molecular complexity index is 551. The van der Waals surface area contributed by atoms with Gasteiger partial charge in [0, 0.05) is 19.2 Å². The molecule has 1 aromatic carbocycles. The molecular formula is C10H12N2O3S. The molecule has 1 heterocycles. The first-order valence-corrected chi connectivity index (χ1v) is 6.36. The molecule has 0 fully saturated rings. The van der Waals surface area contributed by atoms with Gasteiger partial charge in [-0.25, -0.2) is 13.6 Å². The second-order valence-corrected chi connectivity index (χ2v) is 5.33. The molecule has 1 amide bonds. The second kappa shape index (κ2) is 3.57.